The Morgan fingerprint density at radius 1 is 1.00 bits per heavy atom. The number of hydrogen-bond acceptors (Lipinski definition) is 3. The van der Waals surface area contributed by atoms with Gasteiger partial charge in [0.15, 0.2) is 0 Å². The van der Waals surface area contributed by atoms with E-state index >= 15 is 0 Å². The van der Waals surface area contributed by atoms with Crippen LogP contribution in [0.5, 0.6) is 0 Å². The number of nitrogens with one attached hydrogen (secondary N) is 2. The molecule has 0 heterocycles. The summed E-state index contributed by atoms with van der Waals surface area (Å²) in [6, 6.07) is 14.7. The smallest absolute Gasteiger partial charge is 0.230 e. The SMILES string of the molecule is CCCCNCc1cc(/C=C/c2ccc(N(C)C)cc2)ccc1NC(=O)C(C)(C)CC. The third-order valence-electron chi connectivity index (χ3n) is 5.78. The normalized spacial score (nSPS) is 11.7. The zero-order valence-corrected chi connectivity index (χ0v) is 20.1. The second-order valence-corrected chi connectivity index (χ2v) is 8.96. The number of amides is 1. The largest absolute Gasteiger partial charge is 0.378 e. The van der Waals surface area contributed by atoms with Crippen molar-refractivity contribution in [2.75, 3.05) is 30.9 Å². The van der Waals surface area contributed by atoms with Gasteiger partial charge in [-0.3, -0.25) is 4.79 Å². The molecular formula is C27H39N3O. The molecule has 0 saturated carbocycles. The Hall–Kier alpha value is -2.59. The molecule has 2 rings (SSSR count). The van der Waals surface area contributed by atoms with Gasteiger partial charge < -0.3 is 15.5 Å². The molecule has 168 valence electrons. The molecule has 0 unspecified atom stereocenters. The minimum Gasteiger partial charge on any atom is -0.378 e. The molecule has 1 amide bonds. The molecule has 0 saturated heterocycles. The van der Waals surface area contributed by atoms with Gasteiger partial charge in [0.05, 0.1) is 0 Å². The molecule has 4 heteroatoms. The Kier molecular flexibility index (Phi) is 9.32. The molecule has 0 aliphatic heterocycles. The first kappa shape index (κ1) is 24.7. The second kappa shape index (κ2) is 11.7. The molecule has 0 fully saturated rings. The summed E-state index contributed by atoms with van der Waals surface area (Å²) in [5, 5.41) is 6.66. The summed E-state index contributed by atoms with van der Waals surface area (Å²) in [5.41, 5.74) is 5.09. The van der Waals surface area contributed by atoms with Crippen molar-refractivity contribution in [1.82, 2.24) is 5.32 Å². The van der Waals surface area contributed by atoms with Crippen molar-refractivity contribution in [3.63, 3.8) is 0 Å². The van der Waals surface area contributed by atoms with Gasteiger partial charge in [-0.1, -0.05) is 64.5 Å². The topological polar surface area (TPSA) is 44.4 Å². The number of rotatable bonds is 11. The van der Waals surface area contributed by atoms with Gasteiger partial charge in [0.2, 0.25) is 5.91 Å². The summed E-state index contributed by atoms with van der Waals surface area (Å²) in [6.45, 7) is 9.92. The monoisotopic (exact) mass is 421 g/mol. The van der Waals surface area contributed by atoms with Crippen molar-refractivity contribution in [3.05, 3.63) is 59.2 Å². The molecule has 4 nitrogen and oxygen atoms in total. The number of anilines is 2. The number of hydrogen-bond donors (Lipinski definition) is 2. The average molecular weight is 422 g/mol. The highest BCUT2D eigenvalue weighted by Gasteiger charge is 2.25. The molecule has 0 aliphatic carbocycles. The number of carbonyl (C=O) groups excluding carboxylic acids is 1. The highest BCUT2D eigenvalue weighted by Crippen LogP contribution is 2.25. The van der Waals surface area contributed by atoms with Gasteiger partial charge in [-0.25, -0.2) is 0 Å². The first-order chi connectivity index (χ1) is 14.8. The van der Waals surface area contributed by atoms with E-state index in [1.54, 1.807) is 0 Å². The van der Waals surface area contributed by atoms with Gasteiger partial charge in [0.1, 0.15) is 0 Å². The molecular weight excluding hydrogens is 382 g/mol. The highest BCUT2D eigenvalue weighted by molar-refractivity contribution is 5.95. The van der Waals surface area contributed by atoms with E-state index in [0.717, 1.165) is 54.7 Å². The Bertz CT molecular complexity index is 867. The number of benzene rings is 2. The van der Waals surface area contributed by atoms with Crippen LogP contribution in [0, 0.1) is 5.41 Å². The minimum absolute atomic E-state index is 0.0640. The molecule has 2 N–H and O–H groups in total. The van der Waals surface area contributed by atoms with Gasteiger partial charge in [-0.05, 0) is 60.3 Å². The van der Waals surface area contributed by atoms with Crippen LogP contribution in [0.15, 0.2) is 42.5 Å². The first-order valence-corrected chi connectivity index (χ1v) is 11.4. The molecule has 2 aromatic carbocycles. The summed E-state index contributed by atoms with van der Waals surface area (Å²) in [5.74, 6) is 0.0640. The van der Waals surface area contributed by atoms with Crippen molar-refractivity contribution in [2.24, 2.45) is 5.41 Å². The maximum absolute atomic E-state index is 12.7. The van der Waals surface area contributed by atoms with E-state index in [-0.39, 0.29) is 11.3 Å². The van der Waals surface area contributed by atoms with E-state index in [1.165, 1.54) is 5.69 Å². The predicted molar refractivity (Wildman–Crippen MR) is 135 cm³/mol. The summed E-state index contributed by atoms with van der Waals surface area (Å²) >= 11 is 0. The highest BCUT2D eigenvalue weighted by atomic mass is 16.2. The van der Waals surface area contributed by atoms with Gasteiger partial charge in [0, 0.05) is 37.4 Å². The third kappa shape index (κ3) is 7.55. The van der Waals surface area contributed by atoms with Gasteiger partial charge in [-0.2, -0.15) is 0 Å². The Morgan fingerprint density at radius 2 is 1.65 bits per heavy atom. The van der Waals surface area contributed by atoms with Crippen molar-refractivity contribution in [1.29, 1.82) is 0 Å². The molecule has 0 aromatic heterocycles. The molecule has 31 heavy (non-hydrogen) atoms. The standard InChI is InChI=1S/C27H39N3O/c1-7-9-18-28-20-23-19-22(11-10-21-12-15-24(16-13-21)30(5)6)14-17-25(23)29-26(31)27(3,4)8-2/h10-17,19,28H,7-9,18,20H2,1-6H3,(H,29,31)/b11-10+. The Labute approximate surface area is 188 Å². The predicted octanol–water partition coefficient (Wildman–Crippen LogP) is 6.19. The van der Waals surface area contributed by atoms with Gasteiger partial charge in [0.25, 0.3) is 0 Å². The van der Waals surface area contributed by atoms with Crippen molar-refractivity contribution in [2.45, 2.75) is 53.5 Å². The first-order valence-electron chi connectivity index (χ1n) is 11.4. The van der Waals surface area contributed by atoms with Gasteiger partial charge >= 0.3 is 0 Å². The summed E-state index contributed by atoms with van der Waals surface area (Å²) < 4.78 is 0. The van der Waals surface area contributed by atoms with Crippen LogP contribution in [0.3, 0.4) is 0 Å². The van der Waals surface area contributed by atoms with Crippen LogP contribution in [0.1, 0.15) is 63.6 Å². The Balaban J connectivity index is 2.21. The maximum atomic E-state index is 12.7. The molecule has 0 aliphatic rings. The average Bonchev–Trinajstić information content (AvgIpc) is 2.76. The van der Waals surface area contributed by atoms with Crippen molar-refractivity contribution >= 4 is 29.4 Å². The fourth-order valence-electron chi connectivity index (χ4n) is 3.04. The molecule has 0 spiro atoms. The quantitative estimate of drug-likeness (QED) is 0.336. The van der Waals surface area contributed by atoms with Crippen LogP contribution in [-0.4, -0.2) is 26.5 Å². The van der Waals surface area contributed by atoms with Crippen molar-refractivity contribution < 1.29 is 4.79 Å². The van der Waals surface area contributed by atoms with Crippen LogP contribution >= 0.6 is 0 Å². The van der Waals surface area contributed by atoms with Crippen molar-refractivity contribution in [3.8, 4) is 0 Å². The zero-order chi connectivity index (χ0) is 22.9. The third-order valence-corrected chi connectivity index (χ3v) is 5.78. The Morgan fingerprint density at radius 3 is 2.26 bits per heavy atom. The van der Waals surface area contributed by atoms with Gasteiger partial charge in [-0.15, -0.1) is 0 Å². The number of nitrogens with zero attached hydrogens (tertiary/aromatic N) is 1. The number of carbonyl (C=O) groups is 1. The van der Waals surface area contributed by atoms with Crippen LogP contribution in [0.4, 0.5) is 11.4 Å². The fraction of sp³-hybridized carbons (Fsp3) is 0.444. The number of unbranched alkanes of at least 4 members (excludes halogenated alkanes) is 1. The summed E-state index contributed by atoms with van der Waals surface area (Å²) in [7, 11) is 4.09. The van der Waals surface area contributed by atoms with E-state index in [9.17, 15) is 4.79 Å². The van der Waals surface area contributed by atoms with E-state index in [2.05, 4.69) is 71.0 Å². The lowest BCUT2D eigenvalue weighted by Crippen LogP contribution is -2.30. The second-order valence-electron chi connectivity index (χ2n) is 8.96. The molecule has 2 aromatic rings. The van der Waals surface area contributed by atoms with Crippen LogP contribution < -0.4 is 15.5 Å². The zero-order valence-electron chi connectivity index (χ0n) is 20.1. The van der Waals surface area contributed by atoms with Crippen LogP contribution in [0.2, 0.25) is 0 Å². The lowest BCUT2D eigenvalue weighted by atomic mass is 9.89. The van der Waals surface area contributed by atoms with E-state index in [0.29, 0.717) is 0 Å². The van der Waals surface area contributed by atoms with E-state index < -0.39 is 0 Å². The fourth-order valence-corrected chi connectivity index (χ4v) is 3.04. The van der Waals surface area contributed by atoms with Crippen LogP contribution in [0.25, 0.3) is 12.2 Å². The molecule has 0 bridgehead atoms. The molecule has 0 radical (unpaired) electrons. The molecule has 0 atom stereocenters. The maximum Gasteiger partial charge on any atom is 0.230 e. The van der Waals surface area contributed by atoms with Crippen LogP contribution in [-0.2, 0) is 11.3 Å². The van der Waals surface area contributed by atoms with E-state index in [4.69, 9.17) is 0 Å². The lowest BCUT2D eigenvalue weighted by Gasteiger charge is -2.23. The van der Waals surface area contributed by atoms with E-state index in [1.807, 2.05) is 40.9 Å². The lowest BCUT2D eigenvalue weighted by molar-refractivity contribution is -0.124. The summed E-state index contributed by atoms with van der Waals surface area (Å²) in [6.07, 6.45) is 7.36. The summed E-state index contributed by atoms with van der Waals surface area (Å²) in [4.78, 5) is 14.8. The minimum atomic E-state index is -0.385.